The molecule has 0 saturated heterocycles. The molecule has 0 radical (unpaired) electrons. The highest BCUT2D eigenvalue weighted by molar-refractivity contribution is 9.10. The molecule has 0 spiro atoms. The van der Waals surface area contributed by atoms with Crippen molar-refractivity contribution >= 4 is 25.8 Å². The summed E-state index contributed by atoms with van der Waals surface area (Å²) >= 11 is 3.38. The maximum atomic E-state index is 11.5. The molecule has 0 unspecified atom stereocenters. The Bertz CT molecular complexity index is 619. The fourth-order valence-corrected chi connectivity index (χ4v) is 2.64. The Morgan fingerprint density at radius 3 is 2.62 bits per heavy atom. The molecule has 0 saturated carbocycles. The summed E-state index contributed by atoms with van der Waals surface area (Å²) in [6.45, 7) is 0. The molecule has 0 aliphatic heterocycles. The second-order valence-corrected chi connectivity index (χ2v) is 6.07. The summed E-state index contributed by atoms with van der Waals surface area (Å²) in [6, 6.07) is 7.37. The highest BCUT2D eigenvalue weighted by atomic mass is 79.9. The van der Waals surface area contributed by atoms with Gasteiger partial charge in [0.2, 0.25) is 15.0 Å². The van der Waals surface area contributed by atoms with Crippen LogP contribution in [0.3, 0.4) is 0 Å². The first-order valence-corrected chi connectivity index (χ1v) is 7.17. The monoisotopic (exact) mass is 300 g/mol. The highest BCUT2D eigenvalue weighted by Gasteiger charge is 2.16. The van der Waals surface area contributed by atoms with Crippen LogP contribution in [-0.2, 0) is 9.84 Å². The van der Waals surface area contributed by atoms with Gasteiger partial charge in [-0.05, 0) is 28.1 Å². The fraction of sp³-hybridized carbons (Fsp3) is 0.100. The SMILES string of the molecule is CS(=O)(=O)c1nccn1-c1ccccc1Br. The minimum absolute atomic E-state index is 0.0411. The van der Waals surface area contributed by atoms with E-state index in [0.29, 0.717) is 0 Å². The number of rotatable bonds is 2. The van der Waals surface area contributed by atoms with Crippen molar-refractivity contribution < 1.29 is 8.42 Å². The first-order valence-electron chi connectivity index (χ1n) is 4.48. The van der Waals surface area contributed by atoms with Crippen LogP contribution in [-0.4, -0.2) is 24.2 Å². The van der Waals surface area contributed by atoms with Crippen LogP contribution in [0.2, 0.25) is 0 Å². The van der Waals surface area contributed by atoms with Crippen molar-refractivity contribution in [2.24, 2.45) is 0 Å². The number of benzene rings is 1. The third kappa shape index (κ3) is 2.03. The molecule has 0 amide bonds. The van der Waals surface area contributed by atoms with Gasteiger partial charge >= 0.3 is 0 Å². The minimum atomic E-state index is -3.32. The van der Waals surface area contributed by atoms with Crippen LogP contribution in [0.1, 0.15) is 0 Å². The molecule has 0 fully saturated rings. The molecule has 2 aromatic rings. The van der Waals surface area contributed by atoms with E-state index in [1.54, 1.807) is 10.8 Å². The van der Waals surface area contributed by atoms with Crippen LogP contribution < -0.4 is 0 Å². The number of aromatic nitrogens is 2. The molecule has 1 aromatic carbocycles. The molecule has 1 heterocycles. The molecule has 4 nitrogen and oxygen atoms in total. The topological polar surface area (TPSA) is 52.0 Å². The second kappa shape index (κ2) is 4.03. The zero-order valence-corrected chi connectivity index (χ0v) is 10.9. The Morgan fingerprint density at radius 1 is 1.31 bits per heavy atom. The third-order valence-corrected chi connectivity index (χ3v) is 3.69. The molecule has 0 aliphatic rings. The van der Waals surface area contributed by atoms with E-state index in [2.05, 4.69) is 20.9 Å². The van der Waals surface area contributed by atoms with E-state index in [-0.39, 0.29) is 5.16 Å². The number of halogens is 1. The molecule has 16 heavy (non-hydrogen) atoms. The van der Waals surface area contributed by atoms with E-state index in [0.717, 1.165) is 16.4 Å². The average Bonchev–Trinajstić information content (AvgIpc) is 2.66. The van der Waals surface area contributed by atoms with Crippen LogP contribution in [0.4, 0.5) is 0 Å². The summed E-state index contributed by atoms with van der Waals surface area (Å²) in [6.07, 6.45) is 4.23. The van der Waals surface area contributed by atoms with Crippen LogP contribution >= 0.6 is 15.9 Å². The van der Waals surface area contributed by atoms with Crippen molar-refractivity contribution in [1.82, 2.24) is 9.55 Å². The lowest BCUT2D eigenvalue weighted by molar-refractivity contribution is 0.590. The van der Waals surface area contributed by atoms with E-state index < -0.39 is 9.84 Å². The smallest absolute Gasteiger partial charge is 0.231 e. The molecule has 0 bridgehead atoms. The Hall–Kier alpha value is -1.14. The summed E-state index contributed by atoms with van der Waals surface area (Å²) in [5, 5.41) is 0.0411. The number of sulfone groups is 1. The summed E-state index contributed by atoms with van der Waals surface area (Å²) in [7, 11) is -3.32. The van der Waals surface area contributed by atoms with Gasteiger partial charge in [0, 0.05) is 23.1 Å². The van der Waals surface area contributed by atoms with Gasteiger partial charge in [-0.15, -0.1) is 0 Å². The van der Waals surface area contributed by atoms with Crippen molar-refractivity contribution in [1.29, 1.82) is 0 Å². The van der Waals surface area contributed by atoms with E-state index in [4.69, 9.17) is 0 Å². The lowest BCUT2D eigenvalue weighted by Crippen LogP contribution is -2.07. The van der Waals surface area contributed by atoms with Gasteiger partial charge in [0.25, 0.3) is 0 Å². The Kier molecular flexibility index (Phi) is 2.86. The van der Waals surface area contributed by atoms with Gasteiger partial charge in [-0.3, -0.25) is 4.57 Å². The highest BCUT2D eigenvalue weighted by Crippen LogP contribution is 2.22. The number of nitrogens with zero attached hydrogens (tertiary/aromatic N) is 2. The van der Waals surface area contributed by atoms with E-state index >= 15 is 0 Å². The predicted molar refractivity (Wildman–Crippen MR) is 64.4 cm³/mol. The fourth-order valence-electron chi connectivity index (χ4n) is 1.39. The Balaban J connectivity index is 2.68. The van der Waals surface area contributed by atoms with E-state index in [1.807, 2.05) is 24.3 Å². The van der Waals surface area contributed by atoms with Crippen LogP contribution in [0.25, 0.3) is 5.69 Å². The molecular weight excluding hydrogens is 292 g/mol. The lowest BCUT2D eigenvalue weighted by atomic mass is 10.3. The van der Waals surface area contributed by atoms with E-state index in [9.17, 15) is 8.42 Å². The van der Waals surface area contributed by atoms with Crippen molar-refractivity contribution in [2.45, 2.75) is 5.16 Å². The quantitative estimate of drug-likeness (QED) is 0.853. The molecule has 84 valence electrons. The maximum Gasteiger partial charge on any atom is 0.231 e. The molecule has 1 aromatic heterocycles. The number of hydrogen-bond acceptors (Lipinski definition) is 3. The van der Waals surface area contributed by atoms with Gasteiger partial charge in [0.1, 0.15) is 0 Å². The van der Waals surface area contributed by atoms with E-state index in [1.165, 1.54) is 6.20 Å². The standard InChI is InChI=1S/C10H9BrN2O2S/c1-16(14,15)10-12-6-7-13(10)9-5-3-2-4-8(9)11/h2-7H,1H3. The molecule has 0 atom stereocenters. The van der Waals surface area contributed by atoms with Crippen molar-refractivity contribution in [3.05, 3.63) is 41.1 Å². The van der Waals surface area contributed by atoms with Gasteiger partial charge in [-0.25, -0.2) is 13.4 Å². The molecule has 6 heteroatoms. The second-order valence-electron chi connectivity index (χ2n) is 3.30. The van der Waals surface area contributed by atoms with Gasteiger partial charge < -0.3 is 0 Å². The summed E-state index contributed by atoms with van der Waals surface area (Å²) < 4.78 is 25.4. The normalized spacial score (nSPS) is 11.6. The average molecular weight is 301 g/mol. The largest absolute Gasteiger partial charge is 0.290 e. The van der Waals surface area contributed by atoms with Crippen molar-refractivity contribution in [3.8, 4) is 5.69 Å². The minimum Gasteiger partial charge on any atom is -0.290 e. The van der Waals surface area contributed by atoms with Gasteiger partial charge in [-0.2, -0.15) is 0 Å². The molecule has 0 N–H and O–H groups in total. The molecule has 2 rings (SSSR count). The maximum absolute atomic E-state index is 11.5. The molecule has 0 aliphatic carbocycles. The Labute approximate surface area is 102 Å². The molecular formula is C10H9BrN2O2S. The summed E-state index contributed by atoms with van der Waals surface area (Å²) in [5.41, 5.74) is 0.750. The predicted octanol–water partition coefficient (Wildman–Crippen LogP) is 2.04. The number of imidazole rings is 1. The zero-order chi connectivity index (χ0) is 11.8. The Morgan fingerprint density at radius 2 is 2.00 bits per heavy atom. The van der Waals surface area contributed by atoms with Crippen molar-refractivity contribution in [3.63, 3.8) is 0 Å². The lowest BCUT2D eigenvalue weighted by Gasteiger charge is -2.07. The third-order valence-electron chi connectivity index (χ3n) is 2.05. The van der Waals surface area contributed by atoms with Crippen LogP contribution in [0.5, 0.6) is 0 Å². The summed E-state index contributed by atoms with van der Waals surface area (Å²) in [4.78, 5) is 3.86. The van der Waals surface area contributed by atoms with Gasteiger partial charge in [0.05, 0.1) is 5.69 Å². The number of hydrogen-bond donors (Lipinski definition) is 0. The van der Waals surface area contributed by atoms with Crippen LogP contribution in [0.15, 0.2) is 46.3 Å². The van der Waals surface area contributed by atoms with Crippen molar-refractivity contribution in [2.75, 3.05) is 6.26 Å². The van der Waals surface area contributed by atoms with Gasteiger partial charge in [0.15, 0.2) is 0 Å². The van der Waals surface area contributed by atoms with Gasteiger partial charge in [-0.1, -0.05) is 12.1 Å². The van der Waals surface area contributed by atoms with Crippen LogP contribution in [0, 0.1) is 0 Å². The first-order chi connectivity index (χ1) is 7.50. The zero-order valence-electron chi connectivity index (χ0n) is 8.46. The first kappa shape index (κ1) is 11.3. The summed E-state index contributed by atoms with van der Waals surface area (Å²) in [5.74, 6) is 0. The number of para-hydroxylation sites is 1.